The number of amides is 3. The van der Waals surface area contributed by atoms with Gasteiger partial charge >= 0.3 is 6.09 Å². The van der Waals surface area contributed by atoms with Gasteiger partial charge in [-0.15, -0.1) is 0 Å². The van der Waals surface area contributed by atoms with Crippen LogP contribution in [0.3, 0.4) is 0 Å². The Kier molecular flexibility index (Phi) is 12.5. The fourth-order valence-corrected chi connectivity index (χ4v) is 4.65. The van der Waals surface area contributed by atoms with Crippen LogP contribution in [0.1, 0.15) is 88.6 Å². The maximum absolute atomic E-state index is 14.3. The number of carbonyl (C=O) groups is 3. The summed E-state index contributed by atoms with van der Waals surface area (Å²) in [5.41, 5.74) is 2.72. The highest BCUT2D eigenvalue weighted by Gasteiger charge is 2.36. The summed E-state index contributed by atoms with van der Waals surface area (Å²) in [7, 11) is 0. The van der Waals surface area contributed by atoms with Crippen LogP contribution in [0.2, 0.25) is 0 Å². The van der Waals surface area contributed by atoms with E-state index in [4.69, 9.17) is 4.74 Å². The summed E-state index contributed by atoms with van der Waals surface area (Å²) in [5, 5.41) is 15.5. The highest BCUT2D eigenvalue weighted by Crippen LogP contribution is 2.26. The number of ether oxygens (including phenoxy) is 1. The van der Waals surface area contributed by atoms with Crippen LogP contribution in [0.5, 0.6) is 5.75 Å². The van der Waals surface area contributed by atoms with E-state index in [1.54, 1.807) is 37.8 Å². The Labute approximate surface area is 239 Å². The minimum absolute atomic E-state index is 0.106. The minimum Gasteiger partial charge on any atom is -0.508 e. The van der Waals surface area contributed by atoms with E-state index in [0.717, 1.165) is 41.5 Å². The summed E-state index contributed by atoms with van der Waals surface area (Å²) >= 11 is 0. The van der Waals surface area contributed by atoms with Gasteiger partial charge in [-0.25, -0.2) is 4.79 Å². The van der Waals surface area contributed by atoms with Crippen LogP contribution < -0.4 is 10.6 Å². The quantitative estimate of drug-likeness (QED) is 0.275. The topological polar surface area (TPSA) is 108 Å². The summed E-state index contributed by atoms with van der Waals surface area (Å²) in [6.07, 6.45) is 2.96. The predicted octanol–water partition coefficient (Wildman–Crippen LogP) is 5.73. The molecule has 0 aliphatic heterocycles. The number of unbranched alkanes of at least 4 members (excludes halogenated alkanes) is 2. The molecule has 0 saturated carbocycles. The number of hydrogen-bond donors (Lipinski definition) is 3. The van der Waals surface area contributed by atoms with Gasteiger partial charge in [0.1, 0.15) is 23.4 Å². The van der Waals surface area contributed by atoms with Crippen molar-refractivity contribution in [2.75, 3.05) is 13.1 Å². The zero-order valence-corrected chi connectivity index (χ0v) is 25.2. The van der Waals surface area contributed by atoms with Gasteiger partial charge in [0, 0.05) is 19.5 Å². The zero-order chi connectivity index (χ0) is 29.9. The Morgan fingerprint density at radius 1 is 0.950 bits per heavy atom. The van der Waals surface area contributed by atoms with Crippen LogP contribution >= 0.6 is 0 Å². The van der Waals surface area contributed by atoms with Gasteiger partial charge in [0.25, 0.3) is 0 Å². The number of rotatable bonds is 13. The lowest BCUT2D eigenvalue weighted by Crippen LogP contribution is -2.54. The van der Waals surface area contributed by atoms with E-state index in [1.165, 1.54) is 12.1 Å². The van der Waals surface area contributed by atoms with E-state index < -0.39 is 23.8 Å². The molecule has 2 rings (SSSR count). The summed E-state index contributed by atoms with van der Waals surface area (Å²) < 4.78 is 5.47. The Morgan fingerprint density at radius 3 is 2.12 bits per heavy atom. The molecule has 0 aromatic heterocycles. The van der Waals surface area contributed by atoms with Crippen molar-refractivity contribution in [3.63, 3.8) is 0 Å². The normalized spacial score (nSPS) is 12.8. The van der Waals surface area contributed by atoms with Crippen LogP contribution in [0.4, 0.5) is 4.79 Å². The fraction of sp³-hybridized carbons (Fsp3) is 0.531. The average molecular weight is 554 g/mol. The Bertz CT molecular complexity index is 1100. The van der Waals surface area contributed by atoms with Crippen molar-refractivity contribution in [2.45, 2.75) is 98.3 Å². The molecule has 8 heteroatoms. The van der Waals surface area contributed by atoms with Crippen molar-refractivity contribution in [1.29, 1.82) is 0 Å². The van der Waals surface area contributed by atoms with Crippen molar-refractivity contribution in [3.05, 3.63) is 64.7 Å². The van der Waals surface area contributed by atoms with Gasteiger partial charge in [-0.05, 0) is 70.7 Å². The monoisotopic (exact) mass is 553 g/mol. The number of nitrogens with one attached hydrogen (secondary N) is 2. The van der Waals surface area contributed by atoms with Crippen molar-refractivity contribution in [3.8, 4) is 5.75 Å². The van der Waals surface area contributed by atoms with Gasteiger partial charge in [-0.2, -0.15) is 0 Å². The molecule has 220 valence electrons. The molecule has 2 atom stereocenters. The summed E-state index contributed by atoms with van der Waals surface area (Å²) in [5.74, 6) is -0.522. The van der Waals surface area contributed by atoms with Gasteiger partial charge in [-0.3, -0.25) is 9.59 Å². The molecule has 8 nitrogen and oxygen atoms in total. The van der Waals surface area contributed by atoms with Gasteiger partial charge in [-0.1, -0.05) is 68.1 Å². The van der Waals surface area contributed by atoms with Crippen molar-refractivity contribution < 1.29 is 24.2 Å². The number of phenolic OH excluding ortho intramolecular Hbond substituents is 1. The minimum atomic E-state index is -0.993. The SMILES string of the molecule is CCCCCNC(=O)C(c1cc(C)cc(C)c1)N(CCC)C(=O)C(Cc1ccc(O)cc1)NC(=O)OC(C)(C)C. The average Bonchev–Trinajstić information content (AvgIpc) is 2.85. The van der Waals surface area contributed by atoms with Crippen LogP contribution in [-0.2, 0) is 20.7 Å². The molecule has 3 N–H and O–H groups in total. The van der Waals surface area contributed by atoms with Gasteiger partial charge in [0.05, 0.1) is 0 Å². The van der Waals surface area contributed by atoms with Crippen molar-refractivity contribution in [1.82, 2.24) is 15.5 Å². The second kappa shape index (κ2) is 15.3. The van der Waals surface area contributed by atoms with Gasteiger partial charge < -0.3 is 25.4 Å². The highest BCUT2D eigenvalue weighted by atomic mass is 16.6. The van der Waals surface area contributed by atoms with Crippen LogP contribution in [0.15, 0.2) is 42.5 Å². The first-order valence-electron chi connectivity index (χ1n) is 14.3. The molecular weight excluding hydrogens is 506 g/mol. The molecule has 0 radical (unpaired) electrons. The molecule has 2 aromatic rings. The number of benzene rings is 2. The maximum atomic E-state index is 14.3. The molecule has 3 amide bonds. The van der Waals surface area contributed by atoms with Crippen molar-refractivity contribution in [2.24, 2.45) is 0 Å². The molecule has 40 heavy (non-hydrogen) atoms. The first kappa shape index (κ1) is 32.7. The van der Waals surface area contributed by atoms with E-state index in [1.807, 2.05) is 39.0 Å². The third-order valence-electron chi connectivity index (χ3n) is 6.31. The zero-order valence-electron chi connectivity index (χ0n) is 25.2. The van der Waals surface area contributed by atoms with Crippen LogP contribution in [0.25, 0.3) is 0 Å². The summed E-state index contributed by atoms with van der Waals surface area (Å²) in [6, 6.07) is 10.5. The molecular formula is C32H47N3O5. The van der Waals surface area contributed by atoms with Gasteiger partial charge in [0.15, 0.2) is 0 Å². The molecule has 0 fully saturated rings. The van der Waals surface area contributed by atoms with E-state index in [0.29, 0.717) is 19.5 Å². The van der Waals surface area contributed by atoms with Gasteiger partial charge in [0.2, 0.25) is 11.8 Å². The molecule has 2 unspecified atom stereocenters. The Morgan fingerprint density at radius 2 is 1.57 bits per heavy atom. The number of nitrogens with zero attached hydrogens (tertiary/aromatic N) is 1. The standard InChI is InChI=1S/C32H47N3O5/c1-8-10-11-16-33-29(37)28(25-19-22(3)18-23(4)20-25)35(17-9-2)30(38)27(34-31(39)40-32(5,6)7)21-24-12-14-26(36)15-13-24/h12-15,18-20,27-28,36H,8-11,16-17,21H2,1-7H3,(H,33,37)(H,34,39). The summed E-state index contributed by atoms with van der Waals surface area (Å²) in [4.78, 5) is 42.4. The van der Waals surface area contributed by atoms with E-state index >= 15 is 0 Å². The molecule has 2 aromatic carbocycles. The summed E-state index contributed by atoms with van der Waals surface area (Å²) in [6.45, 7) is 14.1. The number of alkyl carbamates (subject to hydrolysis) is 1. The molecule has 0 spiro atoms. The number of aromatic hydroxyl groups is 1. The van der Waals surface area contributed by atoms with Crippen LogP contribution in [0, 0.1) is 13.8 Å². The second-order valence-corrected chi connectivity index (χ2v) is 11.4. The maximum Gasteiger partial charge on any atom is 0.408 e. The third kappa shape index (κ3) is 10.5. The third-order valence-corrected chi connectivity index (χ3v) is 6.31. The first-order valence-corrected chi connectivity index (χ1v) is 14.3. The van der Waals surface area contributed by atoms with E-state index in [2.05, 4.69) is 17.6 Å². The number of carbonyl (C=O) groups excluding carboxylic acids is 3. The fourth-order valence-electron chi connectivity index (χ4n) is 4.65. The second-order valence-electron chi connectivity index (χ2n) is 11.4. The lowest BCUT2D eigenvalue weighted by molar-refractivity contribution is -0.142. The smallest absolute Gasteiger partial charge is 0.408 e. The molecule has 0 aliphatic rings. The highest BCUT2D eigenvalue weighted by molar-refractivity contribution is 5.92. The lowest BCUT2D eigenvalue weighted by Gasteiger charge is -2.34. The van der Waals surface area contributed by atoms with Crippen molar-refractivity contribution >= 4 is 17.9 Å². The number of hydrogen-bond acceptors (Lipinski definition) is 5. The van der Waals surface area contributed by atoms with Crippen LogP contribution in [-0.4, -0.2) is 52.6 Å². The Hall–Kier alpha value is -3.55. The first-order chi connectivity index (χ1) is 18.8. The van der Waals surface area contributed by atoms with E-state index in [9.17, 15) is 19.5 Å². The lowest BCUT2D eigenvalue weighted by atomic mass is 9.97. The molecule has 0 bridgehead atoms. The molecule has 0 aliphatic carbocycles. The van der Waals surface area contributed by atoms with E-state index in [-0.39, 0.29) is 24.0 Å². The number of phenols is 1. The molecule has 0 saturated heterocycles. The largest absolute Gasteiger partial charge is 0.508 e. The molecule has 0 heterocycles. The predicted molar refractivity (Wildman–Crippen MR) is 158 cm³/mol. The number of aryl methyl sites for hydroxylation is 2. The Balaban J connectivity index is 2.52.